The molecule has 6 atom stereocenters. The smallest absolute Gasteiger partial charge is 0.312 e. The summed E-state index contributed by atoms with van der Waals surface area (Å²) < 4.78 is 12.3. The fourth-order valence-corrected chi connectivity index (χ4v) is 7.32. The van der Waals surface area contributed by atoms with E-state index in [0.717, 1.165) is 38.5 Å². The second-order valence-electron chi connectivity index (χ2n) is 11.1. The van der Waals surface area contributed by atoms with Crippen molar-refractivity contribution in [2.45, 2.75) is 88.5 Å². The molecule has 3 saturated heterocycles. The van der Waals surface area contributed by atoms with Crippen LogP contribution in [0.3, 0.4) is 0 Å². The van der Waals surface area contributed by atoms with Gasteiger partial charge in [-0.3, -0.25) is 14.4 Å². The fourth-order valence-electron chi connectivity index (χ4n) is 7.32. The van der Waals surface area contributed by atoms with Crippen LogP contribution in [0.15, 0.2) is 25.3 Å². The molecule has 2 bridgehead atoms. The summed E-state index contributed by atoms with van der Waals surface area (Å²) in [5.74, 6) is -2.54. The molecule has 8 nitrogen and oxygen atoms in total. The highest BCUT2D eigenvalue weighted by Crippen LogP contribution is 2.65. The van der Waals surface area contributed by atoms with Crippen LogP contribution in [0.2, 0.25) is 0 Å². The van der Waals surface area contributed by atoms with Crippen molar-refractivity contribution < 1.29 is 29.0 Å². The molecule has 36 heavy (non-hydrogen) atoms. The van der Waals surface area contributed by atoms with Crippen LogP contribution in [-0.2, 0) is 23.9 Å². The van der Waals surface area contributed by atoms with Crippen molar-refractivity contribution in [3.8, 4) is 0 Å². The SMILES string of the molecule is C=CCCCOC(=O)[C@H]1[C@H]2C(=O)N(CCO)C(C(=O)N(CC=C)C3CCCCC3)C23CC(C)[C@]1(C)O3. The number of ether oxygens (including phenoxy) is 2. The Balaban J connectivity index is 1.70. The number of esters is 1. The average molecular weight is 503 g/mol. The molecular weight excluding hydrogens is 460 g/mol. The maximum atomic E-state index is 14.3. The number of amides is 2. The van der Waals surface area contributed by atoms with Crippen molar-refractivity contribution >= 4 is 17.8 Å². The van der Waals surface area contributed by atoms with Gasteiger partial charge in [-0.2, -0.15) is 0 Å². The third-order valence-electron chi connectivity index (χ3n) is 9.06. The number of nitrogens with zero attached hydrogens (tertiary/aromatic N) is 2. The van der Waals surface area contributed by atoms with Gasteiger partial charge >= 0.3 is 5.97 Å². The number of hydrogen-bond donors (Lipinski definition) is 1. The number of fused-ring (bicyclic) bond motifs is 1. The molecule has 3 unspecified atom stereocenters. The number of hydrogen-bond acceptors (Lipinski definition) is 6. The number of carbonyl (C=O) groups is 3. The van der Waals surface area contributed by atoms with E-state index in [1.807, 2.05) is 18.7 Å². The molecule has 0 aromatic rings. The van der Waals surface area contributed by atoms with Crippen LogP contribution in [0.1, 0.15) is 65.2 Å². The van der Waals surface area contributed by atoms with E-state index in [9.17, 15) is 19.5 Å². The fraction of sp³-hybridized carbons (Fsp3) is 0.750. The highest BCUT2D eigenvalue weighted by molar-refractivity contribution is 5.98. The molecule has 4 fully saturated rings. The standard InChI is InChI=1S/C28H42N2O6/c1-5-7-11-17-35-26(34)22-21-24(32)30(15-16-31)23(28(21)18-19(3)27(22,4)36-28)25(33)29(14-6-2)20-12-9-8-10-13-20/h5-6,19-23,31H,1-2,7-18H2,3-4H3/t19?,21-,22+,23?,27-,28?/m0/s1. The van der Waals surface area contributed by atoms with E-state index < -0.39 is 35.0 Å². The molecule has 3 heterocycles. The molecule has 4 rings (SSSR count). The Hall–Kier alpha value is -2.19. The second kappa shape index (κ2) is 10.7. The molecule has 0 aromatic heterocycles. The van der Waals surface area contributed by atoms with Crippen LogP contribution in [0, 0.1) is 17.8 Å². The first-order chi connectivity index (χ1) is 17.3. The molecule has 200 valence electrons. The molecule has 2 amide bonds. The van der Waals surface area contributed by atoms with E-state index in [0.29, 0.717) is 19.4 Å². The molecule has 1 aliphatic carbocycles. The van der Waals surface area contributed by atoms with Gasteiger partial charge in [0, 0.05) is 19.1 Å². The summed E-state index contributed by atoms with van der Waals surface area (Å²) in [6, 6.07) is -0.796. The van der Waals surface area contributed by atoms with E-state index in [1.165, 1.54) is 4.90 Å². The van der Waals surface area contributed by atoms with Crippen molar-refractivity contribution in [3.63, 3.8) is 0 Å². The zero-order valence-corrected chi connectivity index (χ0v) is 21.8. The van der Waals surface area contributed by atoms with Crippen molar-refractivity contribution in [2.75, 3.05) is 26.3 Å². The number of carbonyl (C=O) groups excluding carboxylic acids is 3. The zero-order valence-electron chi connectivity index (χ0n) is 21.8. The summed E-state index contributed by atoms with van der Waals surface area (Å²) in [7, 11) is 0. The summed E-state index contributed by atoms with van der Waals surface area (Å²) in [6.07, 6.45) is 10.5. The molecule has 1 saturated carbocycles. The van der Waals surface area contributed by atoms with Crippen LogP contribution < -0.4 is 0 Å². The van der Waals surface area contributed by atoms with Gasteiger partial charge in [-0.15, -0.1) is 13.2 Å². The lowest BCUT2D eigenvalue weighted by Gasteiger charge is -2.40. The van der Waals surface area contributed by atoms with Gasteiger partial charge in [0.25, 0.3) is 0 Å². The molecule has 0 radical (unpaired) electrons. The summed E-state index contributed by atoms with van der Waals surface area (Å²) in [5, 5.41) is 9.83. The predicted molar refractivity (Wildman–Crippen MR) is 135 cm³/mol. The minimum Gasteiger partial charge on any atom is -0.465 e. The summed E-state index contributed by atoms with van der Waals surface area (Å²) in [5.41, 5.74) is -2.01. The molecular formula is C28H42N2O6. The number of β-amino-alcohol motifs (C(OH)–C–C–N with tert-alkyl or cyclic N) is 1. The maximum Gasteiger partial charge on any atom is 0.312 e. The number of allylic oxidation sites excluding steroid dienone is 1. The zero-order chi connectivity index (χ0) is 26.1. The van der Waals surface area contributed by atoms with Gasteiger partial charge < -0.3 is 24.4 Å². The third kappa shape index (κ3) is 4.20. The lowest BCUT2D eigenvalue weighted by Crippen LogP contribution is -2.58. The van der Waals surface area contributed by atoms with Crippen molar-refractivity contribution in [1.29, 1.82) is 0 Å². The van der Waals surface area contributed by atoms with Gasteiger partial charge in [-0.05, 0) is 44.9 Å². The van der Waals surface area contributed by atoms with E-state index in [4.69, 9.17) is 9.47 Å². The number of aliphatic hydroxyl groups is 1. The van der Waals surface area contributed by atoms with Gasteiger partial charge in [0.1, 0.15) is 17.6 Å². The minimum atomic E-state index is -1.11. The molecule has 3 aliphatic heterocycles. The predicted octanol–water partition coefficient (Wildman–Crippen LogP) is 2.85. The normalized spacial score (nSPS) is 35.5. The van der Waals surface area contributed by atoms with E-state index >= 15 is 0 Å². The van der Waals surface area contributed by atoms with Crippen LogP contribution >= 0.6 is 0 Å². The quantitative estimate of drug-likeness (QED) is 0.265. The Morgan fingerprint density at radius 1 is 1.25 bits per heavy atom. The molecule has 8 heteroatoms. The van der Waals surface area contributed by atoms with Gasteiger partial charge in [-0.25, -0.2) is 0 Å². The Morgan fingerprint density at radius 3 is 2.61 bits per heavy atom. The van der Waals surface area contributed by atoms with Crippen LogP contribution in [0.25, 0.3) is 0 Å². The Bertz CT molecular complexity index is 885. The molecule has 0 aromatic carbocycles. The number of unbranched alkanes of at least 4 members (excludes halogenated alkanes) is 1. The monoisotopic (exact) mass is 502 g/mol. The van der Waals surface area contributed by atoms with E-state index in [-0.39, 0.29) is 43.5 Å². The summed E-state index contributed by atoms with van der Waals surface area (Å²) in [6.45, 7) is 11.9. The second-order valence-corrected chi connectivity index (χ2v) is 11.1. The molecule has 1 N–H and O–H groups in total. The minimum absolute atomic E-state index is 0.0235. The first-order valence-electron chi connectivity index (χ1n) is 13.6. The van der Waals surface area contributed by atoms with E-state index in [2.05, 4.69) is 13.2 Å². The van der Waals surface area contributed by atoms with Crippen molar-refractivity contribution in [2.24, 2.45) is 17.8 Å². The van der Waals surface area contributed by atoms with E-state index in [1.54, 1.807) is 12.2 Å². The lowest BCUT2D eigenvalue weighted by molar-refractivity contribution is -0.162. The summed E-state index contributed by atoms with van der Waals surface area (Å²) >= 11 is 0. The van der Waals surface area contributed by atoms with Crippen molar-refractivity contribution in [1.82, 2.24) is 9.80 Å². The van der Waals surface area contributed by atoms with Gasteiger partial charge in [-0.1, -0.05) is 38.3 Å². The van der Waals surface area contributed by atoms with Gasteiger partial charge in [0.15, 0.2) is 0 Å². The first kappa shape index (κ1) is 26.9. The lowest BCUT2D eigenvalue weighted by atomic mass is 9.62. The largest absolute Gasteiger partial charge is 0.465 e. The topological polar surface area (TPSA) is 96.4 Å². The third-order valence-corrected chi connectivity index (χ3v) is 9.06. The highest BCUT2D eigenvalue weighted by Gasteiger charge is 2.80. The maximum absolute atomic E-state index is 14.3. The van der Waals surface area contributed by atoms with Crippen LogP contribution in [-0.4, -0.2) is 82.3 Å². The average Bonchev–Trinajstić information content (AvgIpc) is 3.37. The molecule has 4 aliphatic rings. The Morgan fingerprint density at radius 2 is 1.97 bits per heavy atom. The highest BCUT2D eigenvalue weighted by atomic mass is 16.6. The van der Waals surface area contributed by atoms with Gasteiger partial charge in [0.05, 0.1) is 24.7 Å². The Labute approximate surface area is 214 Å². The number of likely N-dealkylation sites (tertiary alicyclic amines) is 1. The first-order valence-corrected chi connectivity index (χ1v) is 13.6. The van der Waals surface area contributed by atoms with Crippen LogP contribution in [0.5, 0.6) is 0 Å². The van der Waals surface area contributed by atoms with Crippen LogP contribution in [0.4, 0.5) is 0 Å². The number of rotatable bonds is 11. The van der Waals surface area contributed by atoms with Crippen molar-refractivity contribution in [3.05, 3.63) is 25.3 Å². The summed E-state index contributed by atoms with van der Waals surface area (Å²) in [4.78, 5) is 44.9. The Kier molecular flexibility index (Phi) is 7.95. The van der Waals surface area contributed by atoms with Gasteiger partial charge in [0.2, 0.25) is 11.8 Å². The number of aliphatic hydroxyl groups excluding tert-OH is 1. The molecule has 1 spiro atoms.